The summed E-state index contributed by atoms with van der Waals surface area (Å²) in [5.41, 5.74) is 2.72. The Bertz CT molecular complexity index is 409. The molecule has 1 aliphatic rings. The Balaban J connectivity index is 0.00000162. The zero-order valence-corrected chi connectivity index (χ0v) is 11.8. The Hall–Kier alpha value is -1.06. The molecule has 0 heterocycles. The number of carbonyl (C=O) groups is 1. The van der Waals surface area contributed by atoms with Gasteiger partial charge in [-0.3, -0.25) is 4.79 Å². The third-order valence-corrected chi connectivity index (χ3v) is 3.55. The monoisotopic (exact) mass is 268 g/mol. The Morgan fingerprint density at radius 2 is 2.17 bits per heavy atom. The van der Waals surface area contributed by atoms with Gasteiger partial charge in [0, 0.05) is 20.0 Å². The van der Waals surface area contributed by atoms with Gasteiger partial charge in [-0.15, -0.1) is 12.4 Å². The van der Waals surface area contributed by atoms with E-state index in [9.17, 15) is 4.79 Å². The predicted octanol–water partition coefficient (Wildman–Crippen LogP) is 2.16. The highest BCUT2D eigenvalue weighted by atomic mass is 35.5. The Morgan fingerprint density at radius 1 is 1.44 bits per heavy atom. The van der Waals surface area contributed by atoms with E-state index in [1.165, 1.54) is 11.1 Å². The highest BCUT2D eigenvalue weighted by molar-refractivity contribution is 5.85. The largest absolute Gasteiger partial charge is 0.339 e. The second-order valence-electron chi connectivity index (χ2n) is 4.61. The van der Waals surface area contributed by atoms with E-state index >= 15 is 0 Å². The number of nitrogens with one attached hydrogen (secondary N) is 1. The molecule has 3 nitrogen and oxygen atoms in total. The fourth-order valence-electron chi connectivity index (χ4n) is 2.52. The van der Waals surface area contributed by atoms with Gasteiger partial charge in [-0.05, 0) is 31.0 Å². The molecule has 0 aromatic heterocycles. The molecule has 0 saturated heterocycles. The molecule has 1 aliphatic carbocycles. The minimum absolute atomic E-state index is 0. The van der Waals surface area contributed by atoms with E-state index in [2.05, 4.69) is 29.6 Å². The van der Waals surface area contributed by atoms with Gasteiger partial charge in [-0.1, -0.05) is 24.3 Å². The summed E-state index contributed by atoms with van der Waals surface area (Å²) < 4.78 is 0. The quantitative estimate of drug-likeness (QED) is 0.908. The number of fused-ring (bicyclic) bond motifs is 1. The van der Waals surface area contributed by atoms with Crippen molar-refractivity contribution in [3.8, 4) is 0 Å². The molecule has 1 unspecified atom stereocenters. The molecule has 0 spiro atoms. The number of aryl methyl sites for hydroxylation is 1. The minimum Gasteiger partial charge on any atom is -0.339 e. The van der Waals surface area contributed by atoms with E-state index in [0.29, 0.717) is 6.42 Å². The molecule has 0 radical (unpaired) electrons. The smallest absolute Gasteiger partial charge is 0.224 e. The maximum Gasteiger partial charge on any atom is 0.224 e. The summed E-state index contributed by atoms with van der Waals surface area (Å²) in [5.74, 6) is 0.223. The lowest BCUT2D eigenvalue weighted by Gasteiger charge is -2.25. The average molecular weight is 269 g/mol. The fraction of sp³-hybridized carbons (Fsp3) is 0.500. The Kier molecular flexibility index (Phi) is 5.63. The van der Waals surface area contributed by atoms with Crippen LogP contribution in [0.2, 0.25) is 0 Å². The van der Waals surface area contributed by atoms with Gasteiger partial charge < -0.3 is 10.2 Å². The van der Waals surface area contributed by atoms with Crippen LogP contribution >= 0.6 is 12.4 Å². The SMILES string of the molecule is CNCCC(=O)N(C)C1CCc2ccccc21.Cl. The van der Waals surface area contributed by atoms with Gasteiger partial charge in [-0.2, -0.15) is 0 Å². The van der Waals surface area contributed by atoms with Crippen LogP contribution in [0.15, 0.2) is 24.3 Å². The summed E-state index contributed by atoms with van der Waals surface area (Å²) in [6.45, 7) is 0.748. The first-order valence-corrected chi connectivity index (χ1v) is 6.22. The van der Waals surface area contributed by atoms with Gasteiger partial charge in [0.1, 0.15) is 0 Å². The molecule has 1 aromatic rings. The first-order chi connectivity index (χ1) is 8.24. The van der Waals surface area contributed by atoms with Crippen LogP contribution in [0, 0.1) is 0 Å². The molecule has 0 bridgehead atoms. The van der Waals surface area contributed by atoms with Crippen LogP contribution in [0.1, 0.15) is 30.0 Å². The first kappa shape index (κ1) is 15.0. The minimum atomic E-state index is 0. The zero-order chi connectivity index (χ0) is 12.3. The van der Waals surface area contributed by atoms with Crippen molar-refractivity contribution in [2.75, 3.05) is 20.6 Å². The molecule has 4 heteroatoms. The third kappa shape index (κ3) is 3.03. The van der Waals surface area contributed by atoms with E-state index in [-0.39, 0.29) is 24.4 Å². The maximum atomic E-state index is 12.0. The van der Waals surface area contributed by atoms with E-state index in [1.807, 2.05) is 19.0 Å². The summed E-state index contributed by atoms with van der Waals surface area (Å²) in [6, 6.07) is 8.72. The van der Waals surface area contributed by atoms with Gasteiger partial charge in [0.05, 0.1) is 6.04 Å². The van der Waals surface area contributed by atoms with Crippen LogP contribution in [-0.4, -0.2) is 31.4 Å². The van der Waals surface area contributed by atoms with Crippen LogP contribution in [0.25, 0.3) is 0 Å². The molecule has 1 amide bonds. The van der Waals surface area contributed by atoms with Gasteiger partial charge in [0.25, 0.3) is 0 Å². The van der Waals surface area contributed by atoms with Crippen molar-refractivity contribution in [3.05, 3.63) is 35.4 Å². The van der Waals surface area contributed by atoms with Crippen LogP contribution in [-0.2, 0) is 11.2 Å². The maximum absolute atomic E-state index is 12.0. The van der Waals surface area contributed by atoms with Gasteiger partial charge in [0.15, 0.2) is 0 Å². The molecule has 0 saturated carbocycles. The molecular formula is C14H21ClN2O. The molecule has 1 aromatic carbocycles. The van der Waals surface area contributed by atoms with E-state index in [4.69, 9.17) is 0 Å². The van der Waals surface area contributed by atoms with Crippen molar-refractivity contribution in [2.45, 2.75) is 25.3 Å². The van der Waals surface area contributed by atoms with Crippen molar-refractivity contribution >= 4 is 18.3 Å². The van der Waals surface area contributed by atoms with Crippen LogP contribution in [0.5, 0.6) is 0 Å². The van der Waals surface area contributed by atoms with Crippen molar-refractivity contribution in [2.24, 2.45) is 0 Å². The van der Waals surface area contributed by atoms with Gasteiger partial charge in [0.2, 0.25) is 5.91 Å². The van der Waals surface area contributed by atoms with Crippen LogP contribution < -0.4 is 5.32 Å². The van der Waals surface area contributed by atoms with Gasteiger partial charge in [-0.25, -0.2) is 0 Å². The molecule has 100 valence electrons. The molecule has 0 fully saturated rings. The van der Waals surface area contributed by atoms with Crippen LogP contribution in [0.4, 0.5) is 0 Å². The Morgan fingerprint density at radius 3 is 2.89 bits per heavy atom. The molecule has 2 rings (SSSR count). The highest BCUT2D eigenvalue weighted by Crippen LogP contribution is 2.34. The van der Waals surface area contributed by atoms with Crippen molar-refractivity contribution in [1.29, 1.82) is 0 Å². The lowest BCUT2D eigenvalue weighted by Crippen LogP contribution is -2.31. The second-order valence-corrected chi connectivity index (χ2v) is 4.61. The fourth-order valence-corrected chi connectivity index (χ4v) is 2.52. The summed E-state index contributed by atoms with van der Waals surface area (Å²) in [6.07, 6.45) is 2.72. The number of benzene rings is 1. The highest BCUT2D eigenvalue weighted by Gasteiger charge is 2.27. The summed E-state index contributed by atoms with van der Waals surface area (Å²) in [5, 5.41) is 3.02. The summed E-state index contributed by atoms with van der Waals surface area (Å²) in [7, 11) is 3.79. The molecule has 1 N–H and O–H groups in total. The van der Waals surface area contributed by atoms with Crippen LogP contribution in [0.3, 0.4) is 0 Å². The van der Waals surface area contributed by atoms with E-state index in [1.54, 1.807) is 0 Å². The third-order valence-electron chi connectivity index (χ3n) is 3.55. The molecule has 18 heavy (non-hydrogen) atoms. The number of hydrogen-bond donors (Lipinski definition) is 1. The lowest BCUT2D eigenvalue weighted by molar-refractivity contribution is -0.132. The zero-order valence-electron chi connectivity index (χ0n) is 11.0. The number of nitrogens with zero attached hydrogens (tertiary/aromatic N) is 1. The number of hydrogen-bond acceptors (Lipinski definition) is 2. The van der Waals surface area contributed by atoms with Gasteiger partial charge >= 0.3 is 0 Å². The average Bonchev–Trinajstić information content (AvgIpc) is 2.78. The van der Waals surface area contributed by atoms with E-state index in [0.717, 1.165) is 19.4 Å². The summed E-state index contributed by atoms with van der Waals surface area (Å²) >= 11 is 0. The lowest BCUT2D eigenvalue weighted by atomic mass is 10.1. The van der Waals surface area contributed by atoms with Crippen molar-refractivity contribution < 1.29 is 4.79 Å². The Labute approximate surface area is 115 Å². The number of halogens is 1. The van der Waals surface area contributed by atoms with Crippen molar-refractivity contribution in [1.82, 2.24) is 10.2 Å². The normalized spacial score (nSPS) is 16.9. The summed E-state index contributed by atoms with van der Waals surface area (Å²) in [4.78, 5) is 13.9. The first-order valence-electron chi connectivity index (χ1n) is 6.22. The van der Waals surface area contributed by atoms with E-state index < -0.39 is 0 Å². The molecule has 1 atom stereocenters. The number of carbonyl (C=O) groups excluding carboxylic acids is 1. The number of amides is 1. The second kappa shape index (κ2) is 6.76. The molecular weight excluding hydrogens is 248 g/mol. The predicted molar refractivity (Wildman–Crippen MR) is 76.1 cm³/mol. The van der Waals surface area contributed by atoms with Crippen molar-refractivity contribution in [3.63, 3.8) is 0 Å². The molecule has 0 aliphatic heterocycles. The topological polar surface area (TPSA) is 32.3 Å². The number of rotatable bonds is 4. The standard InChI is InChI=1S/C14H20N2O.ClH/c1-15-10-9-14(17)16(2)13-8-7-11-5-3-4-6-12(11)13;/h3-6,13,15H,7-10H2,1-2H3;1H.